The number of hydrogen-bond donors (Lipinski definition) is 0. The number of ketones is 1. The molecule has 1 saturated carbocycles. The molecule has 29 heavy (non-hydrogen) atoms. The number of nitrogens with zero attached hydrogens (tertiary/aromatic N) is 1. The second kappa shape index (κ2) is 9.91. The van der Waals surface area contributed by atoms with Gasteiger partial charge in [-0.15, -0.1) is 0 Å². The topological polar surface area (TPSA) is 57.0 Å². The second-order valence-corrected chi connectivity index (χ2v) is 8.18. The molecular formula is C22H19BrClNO4. The van der Waals surface area contributed by atoms with E-state index in [-0.39, 0.29) is 30.4 Å². The van der Waals surface area contributed by atoms with Gasteiger partial charge in [0.25, 0.3) is 0 Å². The smallest absolute Gasteiger partial charge is 0.309 e. The molecule has 0 unspecified atom stereocenters. The predicted octanol–water partition coefficient (Wildman–Crippen LogP) is 6.02. The zero-order chi connectivity index (χ0) is 20.8. The largest absolute Gasteiger partial charge is 0.490 e. The van der Waals surface area contributed by atoms with Crippen molar-refractivity contribution in [2.75, 3.05) is 6.61 Å². The Kier molecular flexibility index (Phi) is 7.29. The van der Waals surface area contributed by atoms with E-state index in [1.165, 1.54) is 0 Å². The highest BCUT2D eigenvalue weighted by Gasteiger charge is 2.29. The summed E-state index contributed by atoms with van der Waals surface area (Å²) in [5, 5.41) is 0.366. The van der Waals surface area contributed by atoms with Gasteiger partial charge in [0, 0.05) is 10.0 Å². The molecular weight excluding hydrogens is 458 g/mol. The fourth-order valence-corrected chi connectivity index (χ4v) is 3.71. The maximum absolute atomic E-state index is 12.3. The number of carbonyl (C=O) groups excluding carboxylic acids is 2. The van der Waals surface area contributed by atoms with E-state index in [2.05, 4.69) is 20.8 Å². The van der Waals surface area contributed by atoms with Gasteiger partial charge in [0.2, 0.25) is 5.69 Å². The third-order valence-electron chi connectivity index (χ3n) is 4.86. The summed E-state index contributed by atoms with van der Waals surface area (Å²) < 4.78 is 12.1. The summed E-state index contributed by atoms with van der Waals surface area (Å²) >= 11 is 9.36. The molecule has 0 N–H and O–H groups in total. The summed E-state index contributed by atoms with van der Waals surface area (Å²) in [6.45, 7) is 6.77. The number of benzene rings is 2. The van der Waals surface area contributed by atoms with Gasteiger partial charge in [0.05, 0.1) is 23.6 Å². The maximum atomic E-state index is 12.3. The summed E-state index contributed by atoms with van der Waals surface area (Å²) in [6.07, 6.45) is 2.69. The fourth-order valence-electron chi connectivity index (χ4n) is 3.23. The Balaban J connectivity index is 1.44. The van der Waals surface area contributed by atoms with Gasteiger partial charge < -0.3 is 9.47 Å². The number of halogens is 2. The molecule has 1 aliphatic rings. The molecule has 1 fully saturated rings. The average Bonchev–Trinajstić information content (AvgIpc) is 2.73. The lowest BCUT2D eigenvalue weighted by Crippen LogP contribution is -2.30. The molecule has 3 rings (SSSR count). The lowest BCUT2D eigenvalue weighted by Gasteiger charge is -2.27. The van der Waals surface area contributed by atoms with E-state index in [1.807, 2.05) is 0 Å². The quantitative estimate of drug-likeness (QED) is 0.291. The Morgan fingerprint density at radius 3 is 2.41 bits per heavy atom. The Morgan fingerprint density at radius 1 is 1.10 bits per heavy atom. The van der Waals surface area contributed by atoms with Crippen LogP contribution in [-0.4, -0.2) is 24.5 Å². The molecule has 7 heteroatoms. The minimum atomic E-state index is -0.335. The van der Waals surface area contributed by atoms with Crippen molar-refractivity contribution in [2.45, 2.75) is 31.8 Å². The molecule has 0 radical (unpaired) electrons. The average molecular weight is 477 g/mol. The number of ether oxygens (including phenoxy) is 2. The molecule has 0 saturated heterocycles. The van der Waals surface area contributed by atoms with E-state index in [4.69, 9.17) is 27.6 Å². The van der Waals surface area contributed by atoms with Crippen LogP contribution >= 0.6 is 27.5 Å². The summed E-state index contributed by atoms with van der Waals surface area (Å²) in [7, 11) is 0. The third-order valence-corrected chi connectivity index (χ3v) is 5.69. The molecule has 150 valence electrons. The summed E-state index contributed by atoms with van der Waals surface area (Å²) in [6, 6.07) is 11.9. The highest BCUT2D eigenvalue weighted by Crippen LogP contribution is 2.32. The molecule has 5 nitrogen and oxygen atoms in total. The Bertz CT molecular complexity index is 931. The van der Waals surface area contributed by atoms with Crippen LogP contribution in [0.15, 0.2) is 46.9 Å². The van der Waals surface area contributed by atoms with Gasteiger partial charge in [0.1, 0.15) is 5.75 Å². The van der Waals surface area contributed by atoms with Gasteiger partial charge in [-0.2, -0.15) is 0 Å². The molecule has 0 aromatic heterocycles. The van der Waals surface area contributed by atoms with Gasteiger partial charge in [-0.1, -0.05) is 45.7 Å². The van der Waals surface area contributed by atoms with Gasteiger partial charge in [-0.05, 0) is 49.9 Å². The van der Waals surface area contributed by atoms with E-state index in [0.29, 0.717) is 47.7 Å². The van der Waals surface area contributed by atoms with Gasteiger partial charge in [-0.25, -0.2) is 4.85 Å². The Hall–Kier alpha value is -2.36. The van der Waals surface area contributed by atoms with E-state index >= 15 is 0 Å². The molecule has 2 aromatic rings. The van der Waals surface area contributed by atoms with Gasteiger partial charge in [0.15, 0.2) is 12.4 Å². The molecule has 0 spiro atoms. The van der Waals surface area contributed by atoms with Crippen molar-refractivity contribution >= 4 is 45.0 Å². The van der Waals surface area contributed by atoms with E-state index in [1.54, 1.807) is 42.5 Å². The van der Waals surface area contributed by atoms with Crippen LogP contribution in [0.5, 0.6) is 5.75 Å². The molecule has 0 atom stereocenters. The monoisotopic (exact) mass is 475 g/mol. The normalized spacial score (nSPS) is 18.5. The summed E-state index contributed by atoms with van der Waals surface area (Å²) in [4.78, 5) is 27.8. The Morgan fingerprint density at radius 2 is 1.79 bits per heavy atom. The number of rotatable bonds is 6. The first kappa shape index (κ1) is 21.4. The van der Waals surface area contributed by atoms with Gasteiger partial charge in [-0.3, -0.25) is 9.59 Å². The summed E-state index contributed by atoms with van der Waals surface area (Å²) in [5.74, 6) is -0.157. The predicted molar refractivity (Wildman–Crippen MR) is 114 cm³/mol. The number of hydrogen-bond acceptors (Lipinski definition) is 4. The van der Waals surface area contributed by atoms with Crippen molar-refractivity contribution < 1.29 is 19.1 Å². The molecule has 1 aliphatic carbocycles. The molecule has 2 aromatic carbocycles. The number of Topliss-reactive ketones (excluding diaryl/α,β-unsaturated/α-hetero) is 1. The van der Waals surface area contributed by atoms with Crippen LogP contribution < -0.4 is 4.74 Å². The van der Waals surface area contributed by atoms with Crippen LogP contribution in [0.4, 0.5) is 5.69 Å². The first-order chi connectivity index (χ1) is 14.0. The van der Waals surface area contributed by atoms with Crippen LogP contribution in [0.3, 0.4) is 0 Å². The molecule has 0 aliphatic heterocycles. The van der Waals surface area contributed by atoms with Crippen LogP contribution in [-0.2, 0) is 9.53 Å². The maximum Gasteiger partial charge on any atom is 0.309 e. The molecule has 0 bridgehead atoms. The molecule has 0 heterocycles. The lowest BCUT2D eigenvalue weighted by molar-refractivity contribution is -0.149. The summed E-state index contributed by atoms with van der Waals surface area (Å²) in [5.41, 5.74) is 0.907. The minimum Gasteiger partial charge on any atom is -0.490 e. The highest BCUT2D eigenvalue weighted by atomic mass is 79.9. The zero-order valence-corrected chi connectivity index (χ0v) is 17.9. The lowest BCUT2D eigenvalue weighted by atomic mass is 9.87. The fraction of sp³-hybridized carbons (Fsp3) is 0.318. The zero-order valence-electron chi connectivity index (χ0n) is 15.6. The van der Waals surface area contributed by atoms with Crippen LogP contribution in [0.1, 0.15) is 36.0 Å². The SMILES string of the molecule is [C-]#[N+]c1ccc(OC2CCC(C(=O)OCC(=O)c3ccc(Br)cc3)CC2)cc1Cl. The van der Waals surface area contributed by atoms with Crippen molar-refractivity contribution in [2.24, 2.45) is 5.92 Å². The standard InChI is InChI=1S/C22H19BrClNO4/c1-25-20-11-10-18(12-19(20)24)29-17-8-4-15(5-9-17)22(27)28-13-21(26)14-2-6-16(23)7-3-14/h2-3,6-7,10-12,15,17H,4-5,8-9,13H2. The van der Waals surface area contributed by atoms with Gasteiger partial charge >= 0.3 is 5.97 Å². The first-order valence-electron chi connectivity index (χ1n) is 9.25. The minimum absolute atomic E-state index is 0.0155. The van der Waals surface area contributed by atoms with Crippen molar-refractivity contribution in [1.82, 2.24) is 0 Å². The van der Waals surface area contributed by atoms with E-state index in [0.717, 1.165) is 4.47 Å². The first-order valence-corrected chi connectivity index (χ1v) is 10.4. The van der Waals surface area contributed by atoms with Crippen molar-refractivity contribution in [3.8, 4) is 5.75 Å². The van der Waals surface area contributed by atoms with Crippen LogP contribution in [0.25, 0.3) is 4.85 Å². The second-order valence-electron chi connectivity index (χ2n) is 6.85. The van der Waals surface area contributed by atoms with Crippen molar-refractivity contribution in [3.63, 3.8) is 0 Å². The van der Waals surface area contributed by atoms with Crippen LogP contribution in [0.2, 0.25) is 5.02 Å². The number of carbonyl (C=O) groups is 2. The third kappa shape index (κ3) is 5.81. The van der Waals surface area contributed by atoms with Crippen molar-refractivity contribution in [1.29, 1.82) is 0 Å². The van der Waals surface area contributed by atoms with Crippen LogP contribution in [0, 0.1) is 12.5 Å². The highest BCUT2D eigenvalue weighted by molar-refractivity contribution is 9.10. The number of esters is 1. The Labute approximate surface area is 182 Å². The van der Waals surface area contributed by atoms with E-state index < -0.39 is 0 Å². The molecule has 0 amide bonds. The van der Waals surface area contributed by atoms with E-state index in [9.17, 15) is 9.59 Å². The van der Waals surface area contributed by atoms with Crippen molar-refractivity contribution in [3.05, 3.63) is 68.9 Å².